The number of H-pyrrole nitrogens is 1. The summed E-state index contributed by atoms with van der Waals surface area (Å²) >= 11 is 5.99. The quantitative estimate of drug-likeness (QED) is 0.758. The van der Waals surface area contributed by atoms with Crippen molar-refractivity contribution in [2.75, 3.05) is 5.32 Å². The Morgan fingerprint density at radius 3 is 2.74 bits per heavy atom. The molecule has 7 heteroatoms. The SMILES string of the molecule is Cc1cc(C(=O)Nc2ccc(Cl)c(C)c2)c2c(=O)[nH]n(C)c2n1. The van der Waals surface area contributed by atoms with Gasteiger partial charge in [-0.15, -0.1) is 0 Å². The Kier molecular flexibility index (Phi) is 3.69. The number of nitrogens with one attached hydrogen (secondary N) is 2. The predicted molar refractivity (Wildman–Crippen MR) is 90.2 cm³/mol. The Bertz CT molecular complexity index is 988. The normalized spacial score (nSPS) is 11.0. The number of rotatable bonds is 2. The highest BCUT2D eigenvalue weighted by molar-refractivity contribution is 6.31. The maximum Gasteiger partial charge on any atom is 0.274 e. The first-order valence-corrected chi connectivity index (χ1v) is 7.38. The van der Waals surface area contributed by atoms with E-state index in [-0.39, 0.29) is 16.9 Å². The second kappa shape index (κ2) is 5.55. The molecular weight excluding hydrogens is 316 g/mol. The molecule has 0 radical (unpaired) electrons. The van der Waals surface area contributed by atoms with Crippen LogP contribution in [0.25, 0.3) is 11.0 Å². The largest absolute Gasteiger partial charge is 0.322 e. The lowest BCUT2D eigenvalue weighted by Gasteiger charge is -2.08. The molecule has 0 atom stereocenters. The number of fused-ring (bicyclic) bond motifs is 1. The number of aromatic amines is 1. The number of aromatic nitrogens is 3. The van der Waals surface area contributed by atoms with Gasteiger partial charge in [-0.1, -0.05) is 11.6 Å². The summed E-state index contributed by atoms with van der Waals surface area (Å²) in [4.78, 5) is 29.0. The lowest BCUT2D eigenvalue weighted by Crippen LogP contribution is -2.15. The van der Waals surface area contributed by atoms with Gasteiger partial charge >= 0.3 is 0 Å². The van der Waals surface area contributed by atoms with Crippen LogP contribution in [0, 0.1) is 13.8 Å². The third kappa shape index (κ3) is 2.73. The molecule has 2 aromatic heterocycles. The van der Waals surface area contributed by atoms with Gasteiger partial charge in [-0.2, -0.15) is 0 Å². The number of halogens is 1. The van der Waals surface area contributed by atoms with E-state index in [1.54, 1.807) is 38.2 Å². The van der Waals surface area contributed by atoms with Crippen LogP contribution in [0.4, 0.5) is 5.69 Å². The van der Waals surface area contributed by atoms with Crippen molar-refractivity contribution in [2.24, 2.45) is 7.05 Å². The van der Waals surface area contributed by atoms with Crippen molar-refractivity contribution in [1.29, 1.82) is 0 Å². The van der Waals surface area contributed by atoms with Gasteiger partial charge in [0.2, 0.25) is 0 Å². The molecule has 0 aliphatic heterocycles. The topological polar surface area (TPSA) is 79.8 Å². The zero-order chi connectivity index (χ0) is 16.7. The van der Waals surface area contributed by atoms with Crippen LogP contribution in [0.3, 0.4) is 0 Å². The van der Waals surface area contributed by atoms with Crippen molar-refractivity contribution >= 4 is 34.2 Å². The van der Waals surface area contributed by atoms with Crippen LogP contribution in [0.1, 0.15) is 21.6 Å². The van der Waals surface area contributed by atoms with Gasteiger partial charge in [0, 0.05) is 23.5 Å². The highest BCUT2D eigenvalue weighted by Crippen LogP contribution is 2.21. The first-order chi connectivity index (χ1) is 10.9. The number of anilines is 1. The van der Waals surface area contributed by atoms with Crippen LogP contribution >= 0.6 is 11.6 Å². The van der Waals surface area contributed by atoms with Gasteiger partial charge in [0.15, 0.2) is 5.65 Å². The number of nitrogens with zero attached hydrogens (tertiary/aromatic N) is 2. The summed E-state index contributed by atoms with van der Waals surface area (Å²) in [5.41, 5.74) is 2.54. The average Bonchev–Trinajstić information content (AvgIpc) is 2.77. The monoisotopic (exact) mass is 330 g/mol. The van der Waals surface area contributed by atoms with E-state index in [4.69, 9.17) is 11.6 Å². The number of pyridine rings is 1. The smallest absolute Gasteiger partial charge is 0.274 e. The minimum Gasteiger partial charge on any atom is -0.322 e. The summed E-state index contributed by atoms with van der Waals surface area (Å²) in [6.45, 7) is 3.63. The Hall–Kier alpha value is -2.60. The molecular formula is C16H15ClN4O2. The van der Waals surface area contributed by atoms with E-state index in [1.165, 1.54) is 4.68 Å². The summed E-state index contributed by atoms with van der Waals surface area (Å²) in [5.74, 6) is -0.362. The fraction of sp³-hybridized carbons (Fsp3) is 0.188. The van der Waals surface area contributed by atoms with Crippen LogP contribution in [-0.2, 0) is 7.05 Å². The van der Waals surface area contributed by atoms with E-state index >= 15 is 0 Å². The number of hydrogen-bond acceptors (Lipinski definition) is 3. The van der Waals surface area contributed by atoms with E-state index in [0.29, 0.717) is 27.6 Å². The Labute approximate surface area is 137 Å². The number of amides is 1. The van der Waals surface area contributed by atoms with Gasteiger partial charge in [-0.05, 0) is 43.7 Å². The van der Waals surface area contributed by atoms with E-state index in [1.807, 2.05) is 6.92 Å². The maximum absolute atomic E-state index is 12.6. The standard InChI is InChI=1S/C16H15ClN4O2/c1-8-6-10(4-5-12(8)17)19-15(22)11-7-9(2)18-14-13(11)16(23)20-21(14)3/h4-7H,1-3H3,(H,19,22)(H,20,23). The summed E-state index contributed by atoms with van der Waals surface area (Å²) in [5, 5.41) is 6.32. The molecule has 1 aromatic carbocycles. The maximum atomic E-state index is 12.6. The van der Waals surface area contributed by atoms with Crippen molar-refractivity contribution in [3.05, 3.63) is 56.5 Å². The molecule has 0 spiro atoms. The number of carbonyl (C=O) groups is 1. The highest BCUT2D eigenvalue weighted by Gasteiger charge is 2.18. The zero-order valence-electron chi connectivity index (χ0n) is 12.9. The van der Waals surface area contributed by atoms with Gasteiger partial charge in [-0.3, -0.25) is 19.4 Å². The number of aryl methyl sites for hydroxylation is 3. The number of benzene rings is 1. The molecule has 118 valence electrons. The fourth-order valence-electron chi connectivity index (χ4n) is 2.48. The van der Waals surface area contributed by atoms with E-state index in [0.717, 1.165) is 5.56 Å². The van der Waals surface area contributed by atoms with Crippen LogP contribution in [0.5, 0.6) is 0 Å². The molecule has 3 rings (SSSR count). The van der Waals surface area contributed by atoms with Gasteiger partial charge in [0.1, 0.15) is 0 Å². The van der Waals surface area contributed by atoms with Crippen LogP contribution < -0.4 is 10.9 Å². The van der Waals surface area contributed by atoms with Crippen LogP contribution in [0.15, 0.2) is 29.1 Å². The first-order valence-electron chi connectivity index (χ1n) is 7.00. The lowest BCUT2D eigenvalue weighted by atomic mass is 10.1. The molecule has 3 aromatic rings. The second-order valence-corrected chi connectivity index (χ2v) is 5.84. The molecule has 6 nitrogen and oxygen atoms in total. The minimum absolute atomic E-state index is 0.279. The van der Waals surface area contributed by atoms with Crippen molar-refractivity contribution < 1.29 is 4.79 Å². The van der Waals surface area contributed by atoms with E-state index < -0.39 is 0 Å². The molecule has 0 bridgehead atoms. The Morgan fingerprint density at radius 1 is 1.30 bits per heavy atom. The van der Waals surface area contributed by atoms with Crippen LogP contribution in [0.2, 0.25) is 5.02 Å². The van der Waals surface area contributed by atoms with E-state index in [2.05, 4.69) is 15.4 Å². The zero-order valence-corrected chi connectivity index (χ0v) is 13.7. The van der Waals surface area contributed by atoms with Gasteiger partial charge in [0.05, 0.1) is 10.9 Å². The first kappa shape index (κ1) is 15.3. The van der Waals surface area contributed by atoms with Crippen LogP contribution in [-0.4, -0.2) is 20.7 Å². The molecule has 0 aliphatic carbocycles. The molecule has 2 N–H and O–H groups in total. The molecule has 2 heterocycles. The predicted octanol–water partition coefficient (Wildman–Crippen LogP) is 2.78. The van der Waals surface area contributed by atoms with Gasteiger partial charge in [-0.25, -0.2) is 4.98 Å². The van der Waals surface area contributed by atoms with Crippen molar-refractivity contribution in [1.82, 2.24) is 14.8 Å². The molecule has 0 fully saturated rings. The number of carbonyl (C=O) groups excluding carboxylic acids is 1. The van der Waals surface area contributed by atoms with Crippen molar-refractivity contribution in [2.45, 2.75) is 13.8 Å². The van der Waals surface area contributed by atoms with Crippen molar-refractivity contribution in [3.8, 4) is 0 Å². The molecule has 23 heavy (non-hydrogen) atoms. The molecule has 0 aliphatic rings. The van der Waals surface area contributed by atoms with Gasteiger partial charge < -0.3 is 5.32 Å². The molecule has 1 amide bonds. The summed E-state index contributed by atoms with van der Waals surface area (Å²) in [6.07, 6.45) is 0. The third-order valence-corrected chi connectivity index (χ3v) is 4.03. The summed E-state index contributed by atoms with van der Waals surface area (Å²) in [7, 11) is 1.68. The summed E-state index contributed by atoms with van der Waals surface area (Å²) in [6, 6.07) is 6.82. The lowest BCUT2D eigenvalue weighted by molar-refractivity contribution is 0.102. The molecule has 0 saturated heterocycles. The Balaban J connectivity index is 2.07. The second-order valence-electron chi connectivity index (χ2n) is 5.43. The van der Waals surface area contributed by atoms with Gasteiger partial charge in [0.25, 0.3) is 11.5 Å². The fourth-order valence-corrected chi connectivity index (χ4v) is 2.60. The minimum atomic E-state index is -0.362. The molecule has 0 saturated carbocycles. The highest BCUT2D eigenvalue weighted by atomic mass is 35.5. The Morgan fingerprint density at radius 2 is 2.04 bits per heavy atom. The van der Waals surface area contributed by atoms with Crippen molar-refractivity contribution in [3.63, 3.8) is 0 Å². The summed E-state index contributed by atoms with van der Waals surface area (Å²) < 4.78 is 1.51. The third-order valence-electron chi connectivity index (χ3n) is 3.60. The molecule has 0 unspecified atom stereocenters. The number of hydrogen-bond donors (Lipinski definition) is 2. The van der Waals surface area contributed by atoms with E-state index in [9.17, 15) is 9.59 Å². The average molecular weight is 331 g/mol.